The minimum Gasteiger partial charge on any atom is -0.480 e. The van der Waals surface area contributed by atoms with Gasteiger partial charge in [-0.3, -0.25) is 4.79 Å². The molecule has 0 atom stereocenters. The highest BCUT2D eigenvalue weighted by Gasteiger charge is 2.07. The van der Waals surface area contributed by atoms with Crippen molar-refractivity contribution in [3.8, 4) is 0 Å². The summed E-state index contributed by atoms with van der Waals surface area (Å²) >= 11 is 1.39. The van der Waals surface area contributed by atoms with Crippen molar-refractivity contribution in [1.82, 2.24) is 14.8 Å². The van der Waals surface area contributed by atoms with Crippen molar-refractivity contribution in [2.75, 3.05) is 6.26 Å². The van der Waals surface area contributed by atoms with E-state index in [0.29, 0.717) is 11.0 Å². The van der Waals surface area contributed by atoms with E-state index in [1.165, 1.54) is 16.4 Å². The lowest BCUT2D eigenvalue weighted by Crippen LogP contribution is -2.11. The van der Waals surface area contributed by atoms with Crippen LogP contribution in [0.4, 0.5) is 0 Å². The summed E-state index contributed by atoms with van der Waals surface area (Å²) in [5.74, 6) is -0.280. The summed E-state index contributed by atoms with van der Waals surface area (Å²) in [6.07, 6.45) is 1.85. The molecule has 0 fully saturated rings. The van der Waals surface area contributed by atoms with Crippen LogP contribution in [0.3, 0.4) is 0 Å². The Bertz CT molecular complexity index is 297. The van der Waals surface area contributed by atoms with Crippen molar-refractivity contribution in [2.45, 2.75) is 18.6 Å². The fraction of sp³-hybridized carbons (Fsp3) is 0.500. The number of aryl methyl sites for hydroxylation is 1. The number of hydrogen-bond donors (Lipinski definition) is 1. The Morgan fingerprint density at radius 3 is 2.83 bits per heavy atom. The number of carboxylic acids is 1. The summed E-state index contributed by atoms with van der Waals surface area (Å²) in [5.41, 5.74) is 0. The predicted octanol–water partition coefficient (Wildman–Crippen LogP) is 0.393. The maximum absolute atomic E-state index is 10.3. The van der Waals surface area contributed by atoms with Crippen molar-refractivity contribution in [1.29, 1.82) is 0 Å². The Morgan fingerprint density at radius 1 is 1.75 bits per heavy atom. The Labute approximate surface area is 73.8 Å². The number of rotatable bonds is 3. The third kappa shape index (κ3) is 1.97. The summed E-state index contributed by atoms with van der Waals surface area (Å²) in [7, 11) is 0. The lowest BCUT2D eigenvalue weighted by molar-refractivity contribution is -0.137. The van der Waals surface area contributed by atoms with Crippen LogP contribution in [0.5, 0.6) is 0 Å². The molecule has 1 heterocycles. The number of hydrogen-bond acceptors (Lipinski definition) is 4. The average Bonchev–Trinajstić information content (AvgIpc) is 2.31. The SMILES string of the molecule is CSc1nc(C)n(CC(=O)O)n1. The van der Waals surface area contributed by atoms with Gasteiger partial charge in [0.05, 0.1) is 0 Å². The maximum atomic E-state index is 10.3. The molecular formula is C6H9N3O2S. The van der Waals surface area contributed by atoms with Crippen LogP contribution in [-0.2, 0) is 11.3 Å². The van der Waals surface area contributed by atoms with Gasteiger partial charge in [0.1, 0.15) is 12.4 Å². The fourth-order valence-electron chi connectivity index (χ4n) is 0.758. The molecule has 0 aliphatic heterocycles. The maximum Gasteiger partial charge on any atom is 0.325 e. The highest BCUT2D eigenvalue weighted by atomic mass is 32.2. The zero-order valence-corrected chi connectivity index (χ0v) is 7.63. The summed E-state index contributed by atoms with van der Waals surface area (Å²) in [6.45, 7) is 1.61. The summed E-state index contributed by atoms with van der Waals surface area (Å²) in [5, 5.41) is 13.0. The van der Waals surface area contributed by atoms with E-state index in [1.54, 1.807) is 6.92 Å². The van der Waals surface area contributed by atoms with Crippen LogP contribution in [0.15, 0.2) is 5.16 Å². The summed E-state index contributed by atoms with van der Waals surface area (Å²) in [6, 6.07) is 0. The molecule has 0 aliphatic carbocycles. The Balaban J connectivity index is 2.84. The average molecular weight is 187 g/mol. The third-order valence-corrected chi connectivity index (χ3v) is 1.84. The Kier molecular flexibility index (Phi) is 2.69. The number of carboxylic acid groups (broad SMARTS) is 1. The highest BCUT2D eigenvalue weighted by molar-refractivity contribution is 7.98. The van der Waals surface area contributed by atoms with Gasteiger partial charge in [0.15, 0.2) is 0 Å². The third-order valence-electron chi connectivity index (χ3n) is 1.30. The molecule has 1 aromatic heterocycles. The first kappa shape index (κ1) is 9.05. The first-order valence-electron chi connectivity index (χ1n) is 3.30. The van der Waals surface area contributed by atoms with Crippen LogP contribution < -0.4 is 0 Å². The number of nitrogens with zero attached hydrogens (tertiary/aromatic N) is 3. The van der Waals surface area contributed by atoms with Gasteiger partial charge < -0.3 is 5.11 Å². The van der Waals surface area contributed by atoms with Crippen LogP contribution >= 0.6 is 11.8 Å². The van der Waals surface area contributed by atoms with Gasteiger partial charge in [-0.05, 0) is 13.2 Å². The lowest BCUT2D eigenvalue weighted by Gasteiger charge is -1.95. The molecule has 0 spiro atoms. The van der Waals surface area contributed by atoms with E-state index in [4.69, 9.17) is 5.11 Å². The number of thioether (sulfide) groups is 1. The predicted molar refractivity (Wildman–Crippen MR) is 44.2 cm³/mol. The van der Waals surface area contributed by atoms with E-state index in [9.17, 15) is 4.79 Å². The van der Waals surface area contributed by atoms with Crippen LogP contribution in [0.1, 0.15) is 5.82 Å². The zero-order chi connectivity index (χ0) is 9.14. The van der Waals surface area contributed by atoms with Gasteiger partial charge in [-0.1, -0.05) is 11.8 Å². The van der Waals surface area contributed by atoms with Gasteiger partial charge in [-0.2, -0.15) is 0 Å². The molecule has 66 valence electrons. The van der Waals surface area contributed by atoms with E-state index in [-0.39, 0.29) is 6.54 Å². The quantitative estimate of drug-likeness (QED) is 0.693. The molecule has 1 rings (SSSR count). The molecule has 0 saturated carbocycles. The molecule has 6 heteroatoms. The van der Waals surface area contributed by atoms with Crippen LogP contribution in [-0.4, -0.2) is 32.1 Å². The first-order chi connectivity index (χ1) is 5.63. The number of aromatic nitrogens is 3. The van der Waals surface area contributed by atoms with Crippen molar-refractivity contribution in [3.05, 3.63) is 5.82 Å². The molecule has 0 saturated heterocycles. The summed E-state index contributed by atoms with van der Waals surface area (Å²) in [4.78, 5) is 14.4. The molecule has 1 N–H and O–H groups in total. The second-order valence-electron chi connectivity index (χ2n) is 2.20. The molecule has 5 nitrogen and oxygen atoms in total. The second-order valence-corrected chi connectivity index (χ2v) is 2.97. The largest absolute Gasteiger partial charge is 0.480 e. The first-order valence-corrected chi connectivity index (χ1v) is 4.53. The van der Waals surface area contributed by atoms with E-state index >= 15 is 0 Å². The van der Waals surface area contributed by atoms with Crippen molar-refractivity contribution >= 4 is 17.7 Å². The van der Waals surface area contributed by atoms with Gasteiger partial charge >= 0.3 is 5.97 Å². The molecule has 0 unspecified atom stereocenters. The zero-order valence-electron chi connectivity index (χ0n) is 6.81. The van der Waals surface area contributed by atoms with Gasteiger partial charge in [-0.25, -0.2) is 9.67 Å². The van der Waals surface area contributed by atoms with Gasteiger partial charge in [0.2, 0.25) is 5.16 Å². The molecular weight excluding hydrogens is 178 g/mol. The molecule has 0 radical (unpaired) electrons. The molecule has 12 heavy (non-hydrogen) atoms. The lowest BCUT2D eigenvalue weighted by atomic mass is 10.6. The van der Waals surface area contributed by atoms with Crippen molar-refractivity contribution < 1.29 is 9.90 Å². The molecule has 0 amide bonds. The number of carbonyl (C=O) groups is 1. The fourth-order valence-corrected chi connectivity index (χ4v) is 1.16. The standard InChI is InChI=1S/C6H9N3O2S/c1-4-7-6(12-2)8-9(4)3-5(10)11/h3H2,1-2H3,(H,10,11). The number of aliphatic carboxylic acids is 1. The topological polar surface area (TPSA) is 68.0 Å². The molecule has 0 aliphatic rings. The monoisotopic (exact) mass is 187 g/mol. The van der Waals surface area contributed by atoms with E-state index < -0.39 is 5.97 Å². The summed E-state index contributed by atoms with van der Waals surface area (Å²) < 4.78 is 1.37. The van der Waals surface area contributed by atoms with Crippen molar-refractivity contribution in [2.24, 2.45) is 0 Å². The van der Waals surface area contributed by atoms with Gasteiger partial charge in [-0.15, -0.1) is 5.10 Å². The molecule has 1 aromatic rings. The Hall–Kier alpha value is -1.04. The van der Waals surface area contributed by atoms with Gasteiger partial charge in [0.25, 0.3) is 0 Å². The minimum atomic E-state index is -0.907. The van der Waals surface area contributed by atoms with Crippen LogP contribution in [0.2, 0.25) is 0 Å². The highest BCUT2D eigenvalue weighted by Crippen LogP contribution is 2.08. The normalized spacial score (nSPS) is 10.2. The second kappa shape index (κ2) is 3.57. The van der Waals surface area contributed by atoms with Crippen LogP contribution in [0, 0.1) is 6.92 Å². The smallest absolute Gasteiger partial charge is 0.325 e. The molecule has 0 aromatic carbocycles. The van der Waals surface area contributed by atoms with Crippen molar-refractivity contribution in [3.63, 3.8) is 0 Å². The van der Waals surface area contributed by atoms with Crippen LogP contribution in [0.25, 0.3) is 0 Å². The Morgan fingerprint density at radius 2 is 2.42 bits per heavy atom. The van der Waals surface area contributed by atoms with E-state index in [1.807, 2.05) is 6.26 Å². The van der Waals surface area contributed by atoms with Gasteiger partial charge in [0, 0.05) is 0 Å². The van der Waals surface area contributed by atoms with E-state index in [0.717, 1.165) is 0 Å². The van der Waals surface area contributed by atoms with E-state index in [2.05, 4.69) is 10.1 Å². The minimum absolute atomic E-state index is 0.126. The molecule has 0 bridgehead atoms.